The third kappa shape index (κ3) is 3.92. The van der Waals surface area contributed by atoms with E-state index in [0.29, 0.717) is 11.4 Å². The van der Waals surface area contributed by atoms with Crippen LogP contribution in [-0.4, -0.2) is 20.7 Å². The van der Waals surface area contributed by atoms with E-state index in [0.717, 1.165) is 41.3 Å². The lowest BCUT2D eigenvalue weighted by Crippen LogP contribution is -2.15. The van der Waals surface area contributed by atoms with Gasteiger partial charge in [0.15, 0.2) is 11.5 Å². The van der Waals surface area contributed by atoms with Gasteiger partial charge in [-0.15, -0.1) is 0 Å². The molecule has 4 rings (SSSR count). The average molecular weight is 401 g/mol. The first-order valence-electron chi connectivity index (χ1n) is 10.5. The maximum Gasteiger partial charge on any atom is 0.256 e. The van der Waals surface area contributed by atoms with E-state index in [1.54, 1.807) is 0 Å². The zero-order valence-electron chi connectivity index (χ0n) is 18.1. The van der Waals surface area contributed by atoms with Gasteiger partial charge < -0.3 is 5.32 Å². The van der Waals surface area contributed by atoms with E-state index in [9.17, 15) is 4.79 Å². The highest BCUT2D eigenvalue weighted by atomic mass is 16.1. The summed E-state index contributed by atoms with van der Waals surface area (Å²) in [6, 6.07) is 17.8. The van der Waals surface area contributed by atoms with Crippen LogP contribution >= 0.6 is 0 Å². The van der Waals surface area contributed by atoms with Crippen LogP contribution < -0.4 is 5.32 Å². The molecule has 0 atom stereocenters. The van der Waals surface area contributed by atoms with Crippen LogP contribution in [0.5, 0.6) is 0 Å². The fourth-order valence-corrected chi connectivity index (χ4v) is 3.56. The largest absolute Gasteiger partial charge is 0.305 e. The van der Waals surface area contributed by atoms with Crippen LogP contribution in [0.4, 0.5) is 5.82 Å². The van der Waals surface area contributed by atoms with Gasteiger partial charge in [0.25, 0.3) is 5.91 Å². The number of aryl methyl sites for hydroxylation is 1. The number of nitrogens with one attached hydrogen (secondary N) is 1. The van der Waals surface area contributed by atoms with Crippen molar-refractivity contribution in [2.75, 3.05) is 5.32 Å². The normalized spacial score (nSPS) is 11.9. The van der Waals surface area contributed by atoms with Gasteiger partial charge in [0.05, 0.1) is 10.9 Å². The van der Waals surface area contributed by atoms with Crippen molar-refractivity contribution in [3.05, 3.63) is 65.7 Å². The number of para-hydroxylation sites is 1. The Morgan fingerprint density at radius 3 is 2.50 bits per heavy atom. The Bertz CT molecular complexity index is 1200. The molecule has 1 amide bonds. The number of hydrogen-bond acceptors (Lipinski definition) is 3. The van der Waals surface area contributed by atoms with E-state index in [4.69, 9.17) is 10.1 Å². The Hall–Kier alpha value is -3.21. The predicted octanol–water partition coefficient (Wildman–Crippen LogP) is 5.93. The van der Waals surface area contributed by atoms with Gasteiger partial charge in [-0.25, -0.2) is 9.67 Å². The summed E-state index contributed by atoms with van der Waals surface area (Å²) in [7, 11) is 0. The number of hydrogen-bond donors (Lipinski definition) is 1. The molecule has 0 aliphatic carbocycles. The summed E-state index contributed by atoms with van der Waals surface area (Å²) in [5.74, 6) is 0.398. The predicted molar refractivity (Wildman–Crippen MR) is 123 cm³/mol. The van der Waals surface area contributed by atoms with Gasteiger partial charge in [-0.05, 0) is 41.7 Å². The quantitative estimate of drug-likeness (QED) is 0.451. The van der Waals surface area contributed by atoms with E-state index >= 15 is 0 Å². The molecule has 1 N–H and O–H groups in total. The number of carbonyl (C=O) groups excluding carboxylic acids is 1. The molecular formula is C25H28N4O. The fraction of sp³-hybridized carbons (Fsp3) is 0.320. The molecule has 4 aromatic rings. The van der Waals surface area contributed by atoms with E-state index in [1.807, 2.05) is 53.2 Å². The summed E-state index contributed by atoms with van der Waals surface area (Å²) in [6.07, 6.45) is 2.07. The Morgan fingerprint density at radius 1 is 1.07 bits per heavy atom. The molecular weight excluding hydrogens is 372 g/mol. The minimum Gasteiger partial charge on any atom is -0.305 e. The summed E-state index contributed by atoms with van der Waals surface area (Å²) in [5.41, 5.74) is 3.60. The topological polar surface area (TPSA) is 59.8 Å². The Morgan fingerprint density at radius 2 is 1.80 bits per heavy atom. The molecule has 2 aromatic carbocycles. The highest BCUT2D eigenvalue weighted by molar-refractivity contribution is 6.08. The first-order chi connectivity index (χ1) is 14.4. The van der Waals surface area contributed by atoms with Crippen molar-refractivity contribution in [2.45, 2.75) is 52.5 Å². The smallest absolute Gasteiger partial charge is 0.256 e. The molecule has 2 aromatic heterocycles. The minimum atomic E-state index is -0.161. The van der Waals surface area contributed by atoms with Gasteiger partial charge in [0, 0.05) is 17.5 Å². The second kappa shape index (κ2) is 7.90. The highest BCUT2D eigenvalue weighted by Gasteiger charge is 2.18. The third-order valence-corrected chi connectivity index (χ3v) is 5.39. The van der Waals surface area contributed by atoms with Crippen LogP contribution in [0.25, 0.3) is 21.9 Å². The molecule has 0 unspecified atom stereocenters. The molecule has 0 fully saturated rings. The number of rotatable bonds is 5. The summed E-state index contributed by atoms with van der Waals surface area (Å²) < 4.78 is 1.91. The van der Waals surface area contributed by atoms with Gasteiger partial charge in [0.1, 0.15) is 0 Å². The SMILES string of the molecule is CCCCn1nc(NC(=O)c2ccc(C(C)(C)C)cc2)c2cc3ccccc3nc21. The maximum absolute atomic E-state index is 12.9. The highest BCUT2D eigenvalue weighted by Crippen LogP contribution is 2.27. The van der Waals surface area contributed by atoms with E-state index in [-0.39, 0.29) is 11.3 Å². The third-order valence-electron chi connectivity index (χ3n) is 5.39. The molecule has 0 saturated carbocycles. The van der Waals surface area contributed by atoms with Crippen LogP contribution in [0.3, 0.4) is 0 Å². The van der Waals surface area contributed by atoms with Crippen LogP contribution in [0.2, 0.25) is 0 Å². The van der Waals surface area contributed by atoms with Crippen molar-refractivity contribution in [1.82, 2.24) is 14.8 Å². The van der Waals surface area contributed by atoms with Gasteiger partial charge in [0.2, 0.25) is 0 Å². The van der Waals surface area contributed by atoms with Crippen LogP contribution in [-0.2, 0) is 12.0 Å². The first kappa shape index (κ1) is 20.1. The number of aromatic nitrogens is 3. The average Bonchev–Trinajstić information content (AvgIpc) is 3.06. The Balaban J connectivity index is 1.70. The molecule has 5 heteroatoms. The standard InChI is InChI=1S/C25H28N4O/c1-5-6-15-29-23-20(16-18-9-7-8-10-21(18)26-23)22(28-29)27-24(30)17-11-13-19(14-12-17)25(2,3)4/h7-14,16H,5-6,15H2,1-4H3,(H,27,28,30). The van der Waals surface area contributed by atoms with E-state index in [2.05, 4.69) is 39.1 Å². The lowest BCUT2D eigenvalue weighted by atomic mass is 9.87. The zero-order chi connectivity index (χ0) is 21.3. The zero-order valence-corrected chi connectivity index (χ0v) is 18.1. The molecule has 5 nitrogen and oxygen atoms in total. The minimum absolute atomic E-state index is 0.0516. The fourth-order valence-electron chi connectivity index (χ4n) is 3.56. The van der Waals surface area contributed by atoms with Crippen LogP contribution in [0.15, 0.2) is 54.6 Å². The maximum atomic E-state index is 12.9. The van der Waals surface area contributed by atoms with Gasteiger partial charge in [-0.2, -0.15) is 5.10 Å². The lowest BCUT2D eigenvalue weighted by molar-refractivity contribution is 0.102. The molecule has 2 heterocycles. The number of fused-ring (bicyclic) bond motifs is 2. The van der Waals surface area contributed by atoms with Crippen molar-refractivity contribution >= 4 is 33.7 Å². The summed E-state index contributed by atoms with van der Waals surface area (Å²) >= 11 is 0. The first-order valence-corrected chi connectivity index (χ1v) is 10.5. The van der Waals surface area contributed by atoms with Crippen molar-refractivity contribution < 1.29 is 4.79 Å². The molecule has 154 valence electrons. The van der Waals surface area contributed by atoms with Gasteiger partial charge >= 0.3 is 0 Å². The van der Waals surface area contributed by atoms with E-state index < -0.39 is 0 Å². The van der Waals surface area contributed by atoms with Crippen molar-refractivity contribution in [3.63, 3.8) is 0 Å². The number of benzene rings is 2. The summed E-state index contributed by atoms with van der Waals surface area (Å²) in [4.78, 5) is 17.7. The number of pyridine rings is 1. The van der Waals surface area contributed by atoms with Gasteiger partial charge in [-0.1, -0.05) is 64.4 Å². The second-order valence-corrected chi connectivity index (χ2v) is 8.76. The Labute approximate surface area is 177 Å². The van der Waals surface area contributed by atoms with Crippen molar-refractivity contribution in [1.29, 1.82) is 0 Å². The lowest BCUT2D eigenvalue weighted by Gasteiger charge is -2.18. The Kier molecular flexibility index (Phi) is 5.29. The molecule has 0 aliphatic heterocycles. The van der Waals surface area contributed by atoms with Crippen molar-refractivity contribution in [2.24, 2.45) is 0 Å². The number of nitrogens with zero attached hydrogens (tertiary/aromatic N) is 3. The van der Waals surface area contributed by atoms with Crippen molar-refractivity contribution in [3.8, 4) is 0 Å². The number of unbranched alkanes of at least 4 members (excludes halogenated alkanes) is 1. The second-order valence-electron chi connectivity index (χ2n) is 8.76. The summed E-state index contributed by atoms with van der Waals surface area (Å²) in [5, 5.41) is 9.60. The molecule has 0 radical (unpaired) electrons. The molecule has 30 heavy (non-hydrogen) atoms. The number of carbonyl (C=O) groups is 1. The molecule has 0 spiro atoms. The summed E-state index contributed by atoms with van der Waals surface area (Å²) in [6.45, 7) is 9.41. The number of amides is 1. The monoisotopic (exact) mass is 400 g/mol. The molecule has 0 bridgehead atoms. The van der Waals surface area contributed by atoms with E-state index in [1.165, 1.54) is 5.56 Å². The molecule has 0 aliphatic rings. The molecule has 0 saturated heterocycles. The van der Waals surface area contributed by atoms with Crippen LogP contribution in [0, 0.1) is 0 Å². The van der Waals surface area contributed by atoms with Gasteiger partial charge in [-0.3, -0.25) is 4.79 Å². The van der Waals surface area contributed by atoms with Crippen LogP contribution in [0.1, 0.15) is 56.5 Å². The number of anilines is 1.